The van der Waals surface area contributed by atoms with E-state index in [1.54, 1.807) is 12.3 Å². The molecule has 2 atom stereocenters. The van der Waals surface area contributed by atoms with Crippen molar-refractivity contribution in [2.75, 3.05) is 0 Å². The molecule has 1 N–H and O–H groups in total. The number of benzene rings is 1. The summed E-state index contributed by atoms with van der Waals surface area (Å²) >= 11 is 0. The Kier molecular flexibility index (Phi) is 4.57. The van der Waals surface area contributed by atoms with Gasteiger partial charge in [0.25, 0.3) is 0 Å². The molecule has 3 rings (SSSR count). The van der Waals surface area contributed by atoms with Crippen molar-refractivity contribution in [3.63, 3.8) is 0 Å². The smallest absolute Gasteiger partial charge is 0.318 e. The van der Waals surface area contributed by atoms with Gasteiger partial charge in [0, 0.05) is 6.04 Å². The molecular formula is C19H21N3O2. The highest BCUT2D eigenvalue weighted by Crippen LogP contribution is 2.34. The summed E-state index contributed by atoms with van der Waals surface area (Å²) in [5.74, 6) is 0.788. The van der Waals surface area contributed by atoms with Crippen molar-refractivity contribution in [2.24, 2.45) is 0 Å². The molecule has 1 heterocycles. The van der Waals surface area contributed by atoms with Crippen LogP contribution in [0.5, 0.6) is 0 Å². The first-order chi connectivity index (χ1) is 11.6. The lowest BCUT2D eigenvalue weighted by molar-refractivity contribution is 0.163. The average Bonchev–Trinajstić information content (AvgIpc) is 3.26. The maximum atomic E-state index is 12.8. The predicted molar refractivity (Wildman–Crippen MR) is 90.1 cm³/mol. The first-order valence-electron chi connectivity index (χ1n) is 8.22. The number of rotatable bonds is 5. The normalized spacial score (nSPS) is 16.0. The SMILES string of the molecule is C[C@H](NC(=O)N(C1CC1)[C@H](C)c1ccco1)c1cccc(C#N)c1. The topological polar surface area (TPSA) is 69.3 Å². The van der Waals surface area contributed by atoms with Gasteiger partial charge >= 0.3 is 6.03 Å². The van der Waals surface area contributed by atoms with Crippen molar-refractivity contribution in [2.45, 2.75) is 44.8 Å². The summed E-state index contributed by atoms with van der Waals surface area (Å²) in [6.07, 6.45) is 3.68. The number of amides is 2. The van der Waals surface area contributed by atoms with Crippen LogP contribution in [0.25, 0.3) is 0 Å². The van der Waals surface area contributed by atoms with Crippen molar-refractivity contribution in [3.05, 3.63) is 59.5 Å². The van der Waals surface area contributed by atoms with Crippen molar-refractivity contribution in [1.29, 1.82) is 5.26 Å². The molecule has 0 saturated heterocycles. The van der Waals surface area contributed by atoms with Crippen LogP contribution < -0.4 is 5.32 Å². The molecular weight excluding hydrogens is 302 g/mol. The van der Waals surface area contributed by atoms with Crippen LogP contribution in [0.4, 0.5) is 4.79 Å². The second-order valence-corrected chi connectivity index (χ2v) is 6.24. The van der Waals surface area contributed by atoms with Crippen LogP contribution in [0.1, 0.15) is 55.7 Å². The Morgan fingerprint density at radius 2 is 2.12 bits per heavy atom. The lowest BCUT2D eigenvalue weighted by Gasteiger charge is -2.29. The van der Waals surface area contributed by atoms with Gasteiger partial charge < -0.3 is 14.6 Å². The Labute approximate surface area is 141 Å². The van der Waals surface area contributed by atoms with E-state index in [1.807, 2.05) is 49.1 Å². The van der Waals surface area contributed by atoms with Gasteiger partial charge in [-0.3, -0.25) is 0 Å². The van der Waals surface area contributed by atoms with Gasteiger partial charge in [-0.1, -0.05) is 12.1 Å². The number of hydrogen-bond acceptors (Lipinski definition) is 3. The van der Waals surface area contributed by atoms with Crippen LogP contribution >= 0.6 is 0 Å². The van der Waals surface area contributed by atoms with Crippen LogP contribution in [0.15, 0.2) is 47.1 Å². The fourth-order valence-electron chi connectivity index (χ4n) is 2.90. The fraction of sp³-hybridized carbons (Fsp3) is 0.368. The molecule has 0 aliphatic heterocycles. The minimum atomic E-state index is -0.171. The number of furan rings is 1. The molecule has 5 nitrogen and oxygen atoms in total. The highest BCUT2D eigenvalue weighted by atomic mass is 16.3. The van der Waals surface area contributed by atoms with Crippen LogP contribution in [-0.4, -0.2) is 17.0 Å². The molecule has 0 spiro atoms. The van der Waals surface area contributed by atoms with Crippen molar-refractivity contribution < 1.29 is 9.21 Å². The highest BCUT2D eigenvalue weighted by Gasteiger charge is 2.37. The minimum absolute atomic E-state index is 0.101. The molecule has 1 aromatic heterocycles. The minimum Gasteiger partial charge on any atom is -0.467 e. The molecule has 1 aliphatic rings. The van der Waals surface area contributed by atoms with E-state index < -0.39 is 0 Å². The van der Waals surface area contributed by atoms with Gasteiger partial charge in [0.1, 0.15) is 5.76 Å². The van der Waals surface area contributed by atoms with Gasteiger partial charge in [0.15, 0.2) is 0 Å². The lowest BCUT2D eigenvalue weighted by atomic mass is 10.1. The van der Waals surface area contributed by atoms with E-state index in [4.69, 9.17) is 9.68 Å². The molecule has 1 saturated carbocycles. The van der Waals surface area contributed by atoms with Crippen molar-refractivity contribution in [1.82, 2.24) is 10.2 Å². The van der Waals surface area contributed by atoms with E-state index in [-0.39, 0.29) is 24.2 Å². The molecule has 0 bridgehead atoms. The van der Waals surface area contributed by atoms with Crippen LogP contribution in [0, 0.1) is 11.3 Å². The molecule has 0 radical (unpaired) electrons. The number of nitrogens with zero attached hydrogens (tertiary/aromatic N) is 2. The summed E-state index contributed by atoms with van der Waals surface area (Å²) in [5, 5.41) is 12.1. The van der Waals surface area contributed by atoms with E-state index in [2.05, 4.69) is 11.4 Å². The summed E-state index contributed by atoms with van der Waals surface area (Å²) in [4.78, 5) is 14.7. The Morgan fingerprint density at radius 3 is 2.75 bits per heavy atom. The molecule has 24 heavy (non-hydrogen) atoms. The third-order valence-electron chi connectivity index (χ3n) is 4.40. The largest absolute Gasteiger partial charge is 0.467 e. The number of urea groups is 1. The average molecular weight is 323 g/mol. The summed E-state index contributed by atoms with van der Waals surface area (Å²) < 4.78 is 5.47. The van der Waals surface area contributed by atoms with Gasteiger partial charge in [-0.25, -0.2) is 4.79 Å². The molecule has 1 aliphatic carbocycles. The van der Waals surface area contributed by atoms with E-state index in [0.29, 0.717) is 5.56 Å². The first kappa shape index (κ1) is 16.1. The molecule has 1 aromatic carbocycles. The fourth-order valence-corrected chi connectivity index (χ4v) is 2.90. The highest BCUT2D eigenvalue weighted by molar-refractivity contribution is 5.76. The van der Waals surface area contributed by atoms with E-state index in [0.717, 1.165) is 24.2 Å². The molecule has 2 aromatic rings. The molecule has 1 fully saturated rings. The number of carbonyl (C=O) groups is 1. The Balaban J connectivity index is 1.73. The van der Waals surface area contributed by atoms with E-state index in [9.17, 15) is 4.79 Å². The standard InChI is InChI=1S/C19H21N3O2/c1-13(16-6-3-5-15(11-16)12-20)21-19(23)22(17-8-9-17)14(2)18-7-4-10-24-18/h3-7,10-11,13-14,17H,8-9H2,1-2H3,(H,21,23)/t13-,14+/m0/s1. The Morgan fingerprint density at radius 1 is 1.33 bits per heavy atom. The van der Waals surface area contributed by atoms with Gasteiger partial charge in [-0.15, -0.1) is 0 Å². The predicted octanol–water partition coefficient (Wildman–Crippen LogP) is 4.15. The summed E-state index contributed by atoms with van der Waals surface area (Å²) in [6, 6.07) is 13.1. The lowest BCUT2D eigenvalue weighted by Crippen LogP contribution is -2.43. The van der Waals surface area contributed by atoms with E-state index >= 15 is 0 Å². The monoisotopic (exact) mass is 323 g/mol. The van der Waals surface area contributed by atoms with Crippen LogP contribution in [0.2, 0.25) is 0 Å². The summed E-state index contributed by atoms with van der Waals surface area (Å²) in [6.45, 7) is 3.91. The Hall–Kier alpha value is -2.74. The zero-order chi connectivity index (χ0) is 17.1. The quantitative estimate of drug-likeness (QED) is 0.898. The van der Waals surface area contributed by atoms with Crippen molar-refractivity contribution in [3.8, 4) is 6.07 Å². The first-order valence-corrected chi connectivity index (χ1v) is 8.22. The second kappa shape index (κ2) is 6.79. The zero-order valence-electron chi connectivity index (χ0n) is 13.9. The van der Waals surface area contributed by atoms with Gasteiger partial charge in [0.2, 0.25) is 0 Å². The van der Waals surface area contributed by atoms with Crippen molar-refractivity contribution >= 4 is 6.03 Å². The third-order valence-corrected chi connectivity index (χ3v) is 4.40. The molecule has 2 amide bonds. The number of nitriles is 1. The number of nitrogens with one attached hydrogen (secondary N) is 1. The number of hydrogen-bond donors (Lipinski definition) is 1. The van der Waals surface area contributed by atoms with Gasteiger partial charge in [-0.05, 0) is 56.5 Å². The van der Waals surface area contributed by atoms with E-state index in [1.165, 1.54) is 0 Å². The Bertz CT molecular complexity index is 744. The summed E-state index contributed by atoms with van der Waals surface area (Å²) in [7, 11) is 0. The third kappa shape index (κ3) is 3.43. The molecule has 124 valence electrons. The maximum Gasteiger partial charge on any atom is 0.318 e. The number of carbonyl (C=O) groups excluding carboxylic acids is 1. The maximum absolute atomic E-state index is 12.8. The summed E-state index contributed by atoms with van der Waals surface area (Å²) in [5.41, 5.74) is 1.51. The molecule has 5 heteroatoms. The van der Waals surface area contributed by atoms with Crippen LogP contribution in [-0.2, 0) is 0 Å². The zero-order valence-corrected chi connectivity index (χ0v) is 13.9. The van der Waals surface area contributed by atoms with Gasteiger partial charge in [0.05, 0.1) is 30.0 Å². The van der Waals surface area contributed by atoms with Gasteiger partial charge in [-0.2, -0.15) is 5.26 Å². The van der Waals surface area contributed by atoms with Crippen LogP contribution in [0.3, 0.4) is 0 Å². The second-order valence-electron chi connectivity index (χ2n) is 6.24. The molecule has 0 unspecified atom stereocenters.